The Morgan fingerprint density at radius 1 is 0.850 bits per heavy atom. The largest absolute Gasteiger partial charge is 0.394 e. The van der Waals surface area contributed by atoms with Crippen LogP contribution in [0.15, 0.2) is 0 Å². The Hall–Kier alpha value is -1.37. The van der Waals surface area contributed by atoms with Crippen LogP contribution in [0.1, 0.15) is 25.7 Å². The smallest absolute Gasteiger partial charge is 0.200 e. The van der Waals surface area contributed by atoms with Gasteiger partial charge in [0.25, 0.3) is 0 Å². The third-order valence-electron chi connectivity index (χ3n) is 3.56. The van der Waals surface area contributed by atoms with E-state index in [1.165, 1.54) is 0 Å². The molecular weight excluding hydrogens is 281 g/mol. The van der Waals surface area contributed by atoms with E-state index in [1.807, 2.05) is 0 Å². The number of aliphatic hydroxyl groups excluding tert-OH is 1. The van der Waals surface area contributed by atoms with Crippen molar-refractivity contribution in [2.24, 2.45) is 0 Å². The van der Waals surface area contributed by atoms with Crippen molar-refractivity contribution in [3.8, 4) is 0 Å². The van der Waals surface area contributed by atoms with E-state index in [2.05, 4.69) is 0 Å². The molecule has 0 saturated carbocycles. The van der Waals surface area contributed by atoms with Crippen molar-refractivity contribution in [1.82, 2.24) is 0 Å². The predicted octanol–water partition coefficient (Wildman–Crippen LogP) is 3.12. The van der Waals surface area contributed by atoms with Gasteiger partial charge in [0.1, 0.15) is 5.69 Å². The molecule has 1 aromatic rings. The standard InChI is InChI=1S/C13H14F5NO/c14-8-9(15)11(17)13(12(18)10(8)16)19-5-3-1-2-4-7(19)6-20/h7,20H,1-6H2. The molecule has 1 atom stereocenters. The summed E-state index contributed by atoms with van der Waals surface area (Å²) in [7, 11) is 0. The van der Waals surface area contributed by atoms with Gasteiger partial charge in [0.05, 0.1) is 12.6 Å². The fourth-order valence-electron chi connectivity index (χ4n) is 2.51. The first-order valence-corrected chi connectivity index (χ1v) is 6.38. The fourth-order valence-corrected chi connectivity index (χ4v) is 2.51. The van der Waals surface area contributed by atoms with Crippen LogP contribution in [-0.2, 0) is 0 Å². The van der Waals surface area contributed by atoms with E-state index in [4.69, 9.17) is 0 Å². The van der Waals surface area contributed by atoms with E-state index >= 15 is 0 Å². The zero-order valence-corrected chi connectivity index (χ0v) is 10.6. The molecule has 1 aromatic carbocycles. The minimum atomic E-state index is -2.17. The van der Waals surface area contributed by atoms with E-state index in [1.54, 1.807) is 0 Å². The quantitative estimate of drug-likeness (QED) is 0.515. The van der Waals surface area contributed by atoms with Gasteiger partial charge in [-0.1, -0.05) is 12.8 Å². The average molecular weight is 295 g/mol. The van der Waals surface area contributed by atoms with Crippen LogP contribution in [0.2, 0.25) is 0 Å². The van der Waals surface area contributed by atoms with E-state index in [0.717, 1.165) is 17.7 Å². The lowest BCUT2D eigenvalue weighted by molar-refractivity contribution is 0.253. The number of hydrogen-bond donors (Lipinski definition) is 1. The Labute approximate surface area is 112 Å². The number of hydrogen-bond acceptors (Lipinski definition) is 2. The van der Waals surface area contributed by atoms with Crippen molar-refractivity contribution in [3.63, 3.8) is 0 Å². The van der Waals surface area contributed by atoms with Gasteiger partial charge in [-0.15, -0.1) is 0 Å². The second-order valence-corrected chi connectivity index (χ2v) is 4.80. The van der Waals surface area contributed by atoms with E-state index in [0.29, 0.717) is 12.8 Å². The molecule has 0 spiro atoms. The summed E-state index contributed by atoms with van der Waals surface area (Å²) in [5, 5.41) is 9.27. The van der Waals surface area contributed by atoms with Crippen LogP contribution in [0.5, 0.6) is 0 Å². The van der Waals surface area contributed by atoms with Crippen molar-refractivity contribution in [3.05, 3.63) is 29.1 Å². The second-order valence-electron chi connectivity index (χ2n) is 4.80. The van der Waals surface area contributed by atoms with Crippen LogP contribution in [-0.4, -0.2) is 24.3 Å². The molecule has 2 rings (SSSR count). The molecule has 2 nitrogen and oxygen atoms in total. The molecule has 1 unspecified atom stereocenters. The molecule has 1 N–H and O–H groups in total. The molecule has 112 valence electrons. The van der Waals surface area contributed by atoms with Crippen LogP contribution in [0.25, 0.3) is 0 Å². The molecule has 1 heterocycles. The van der Waals surface area contributed by atoms with Crippen LogP contribution in [0.4, 0.5) is 27.6 Å². The van der Waals surface area contributed by atoms with Gasteiger partial charge in [0.15, 0.2) is 23.3 Å². The lowest BCUT2D eigenvalue weighted by Crippen LogP contribution is -2.39. The predicted molar refractivity (Wildman–Crippen MR) is 62.9 cm³/mol. The molecule has 0 amide bonds. The van der Waals surface area contributed by atoms with Crippen LogP contribution in [0, 0.1) is 29.1 Å². The van der Waals surface area contributed by atoms with Crippen molar-refractivity contribution in [1.29, 1.82) is 0 Å². The molecule has 20 heavy (non-hydrogen) atoms. The van der Waals surface area contributed by atoms with Crippen molar-refractivity contribution in [2.45, 2.75) is 31.7 Å². The number of benzene rings is 1. The molecule has 0 bridgehead atoms. The van der Waals surface area contributed by atoms with Gasteiger partial charge in [0.2, 0.25) is 5.82 Å². The summed E-state index contributed by atoms with van der Waals surface area (Å²) in [5.74, 6) is -9.78. The molecular formula is C13H14F5NO. The maximum Gasteiger partial charge on any atom is 0.200 e. The highest BCUT2D eigenvalue weighted by molar-refractivity contribution is 5.51. The van der Waals surface area contributed by atoms with Gasteiger partial charge in [-0.05, 0) is 12.8 Å². The van der Waals surface area contributed by atoms with Crippen molar-refractivity contribution >= 4 is 5.69 Å². The van der Waals surface area contributed by atoms with E-state index < -0.39 is 47.4 Å². The van der Waals surface area contributed by atoms with Gasteiger partial charge in [-0.3, -0.25) is 0 Å². The summed E-state index contributed by atoms with van der Waals surface area (Å²) in [6.07, 6.45) is 2.52. The van der Waals surface area contributed by atoms with Gasteiger partial charge < -0.3 is 10.0 Å². The Balaban J connectivity index is 2.55. The van der Waals surface area contributed by atoms with Gasteiger partial charge in [-0.25, -0.2) is 22.0 Å². The molecule has 0 radical (unpaired) electrons. The van der Waals surface area contributed by atoms with Gasteiger partial charge >= 0.3 is 0 Å². The normalized spacial score (nSPS) is 20.1. The number of nitrogens with zero attached hydrogens (tertiary/aromatic N) is 1. The Bertz CT molecular complexity index is 479. The highest BCUT2D eigenvalue weighted by atomic mass is 19.2. The average Bonchev–Trinajstić information content (AvgIpc) is 2.68. The summed E-state index contributed by atoms with van der Waals surface area (Å²) in [6.45, 7) is -0.261. The van der Waals surface area contributed by atoms with Crippen molar-refractivity contribution < 1.29 is 27.1 Å². The second kappa shape index (κ2) is 5.95. The molecule has 0 aliphatic carbocycles. The van der Waals surface area contributed by atoms with E-state index in [-0.39, 0.29) is 6.54 Å². The van der Waals surface area contributed by atoms with Crippen molar-refractivity contribution in [2.75, 3.05) is 18.1 Å². The summed E-state index contributed by atoms with van der Waals surface area (Å²) in [4.78, 5) is 1.09. The van der Waals surface area contributed by atoms with Gasteiger partial charge in [-0.2, -0.15) is 0 Å². The number of aliphatic hydroxyl groups is 1. The number of halogens is 5. The zero-order chi connectivity index (χ0) is 14.9. The highest BCUT2D eigenvalue weighted by Gasteiger charge is 2.32. The summed E-state index contributed by atoms with van der Waals surface area (Å²) in [6, 6.07) is -0.647. The van der Waals surface area contributed by atoms with E-state index in [9.17, 15) is 27.1 Å². The zero-order valence-electron chi connectivity index (χ0n) is 10.6. The Morgan fingerprint density at radius 2 is 1.40 bits per heavy atom. The minimum Gasteiger partial charge on any atom is -0.394 e. The third-order valence-corrected chi connectivity index (χ3v) is 3.56. The summed E-state index contributed by atoms with van der Waals surface area (Å²) in [5.41, 5.74) is -0.942. The maximum absolute atomic E-state index is 13.8. The number of anilines is 1. The molecule has 0 aromatic heterocycles. The Morgan fingerprint density at radius 3 is 1.95 bits per heavy atom. The number of rotatable bonds is 2. The summed E-state index contributed by atoms with van der Waals surface area (Å²) < 4.78 is 67.1. The first-order valence-electron chi connectivity index (χ1n) is 6.38. The molecule has 1 fully saturated rings. The monoisotopic (exact) mass is 295 g/mol. The fraction of sp³-hybridized carbons (Fsp3) is 0.538. The highest BCUT2D eigenvalue weighted by Crippen LogP contribution is 2.33. The Kier molecular flexibility index (Phi) is 4.47. The van der Waals surface area contributed by atoms with Gasteiger partial charge in [0, 0.05) is 6.54 Å². The maximum atomic E-state index is 13.8. The lowest BCUT2D eigenvalue weighted by atomic mass is 10.1. The molecule has 1 saturated heterocycles. The van der Waals surface area contributed by atoms with Crippen LogP contribution >= 0.6 is 0 Å². The molecule has 7 heteroatoms. The minimum absolute atomic E-state index is 0.142. The van der Waals surface area contributed by atoms with Crippen LogP contribution < -0.4 is 4.90 Å². The summed E-state index contributed by atoms with van der Waals surface area (Å²) >= 11 is 0. The first kappa shape index (κ1) is 15.0. The molecule has 1 aliphatic rings. The topological polar surface area (TPSA) is 23.5 Å². The van der Waals surface area contributed by atoms with Crippen LogP contribution in [0.3, 0.4) is 0 Å². The lowest BCUT2D eigenvalue weighted by Gasteiger charge is -2.31. The molecule has 1 aliphatic heterocycles. The SMILES string of the molecule is OCC1CCCCCN1c1c(F)c(F)c(F)c(F)c1F. The first-order chi connectivity index (χ1) is 9.49. The third kappa shape index (κ3) is 2.46.